The predicted molar refractivity (Wildman–Crippen MR) is 131 cm³/mol. The number of benzene rings is 2. The summed E-state index contributed by atoms with van der Waals surface area (Å²) in [5.74, 6) is -0.463. The number of hydrogen-bond acceptors (Lipinski definition) is 4. The van der Waals surface area contributed by atoms with Crippen molar-refractivity contribution in [3.8, 4) is 0 Å². The molecule has 2 aliphatic rings. The first-order chi connectivity index (χ1) is 17.2. The molecule has 1 fully saturated rings. The smallest absolute Gasteiger partial charge is 0.363 e. The summed E-state index contributed by atoms with van der Waals surface area (Å²) in [7, 11) is 0. The number of piperazine rings is 1. The summed E-state index contributed by atoms with van der Waals surface area (Å²) >= 11 is 3.34. The summed E-state index contributed by atoms with van der Waals surface area (Å²) < 4.78 is 43.6. The number of hydrogen-bond donors (Lipinski definition) is 1. The van der Waals surface area contributed by atoms with E-state index in [9.17, 15) is 22.8 Å². The maximum Gasteiger partial charge on any atom is 0.410 e. The van der Waals surface area contributed by atoms with Gasteiger partial charge in [-0.3, -0.25) is 9.59 Å². The maximum atomic E-state index is 14.0. The molecule has 36 heavy (non-hydrogen) atoms. The van der Waals surface area contributed by atoms with Crippen LogP contribution in [0.2, 0.25) is 0 Å². The van der Waals surface area contributed by atoms with Crippen molar-refractivity contribution in [3.63, 3.8) is 0 Å². The number of alkyl halides is 3. The lowest BCUT2D eigenvalue weighted by Gasteiger charge is -2.36. The Kier molecular flexibility index (Phi) is 6.50. The number of fused-ring (bicyclic) bond motifs is 1. The predicted octanol–water partition coefficient (Wildman–Crippen LogP) is 4.90. The summed E-state index contributed by atoms with van der Waals surface area (Å²) in [4.78, 5) is 29.3. The highest BCUT2D eigenvalue weighted by Gasteiger charge is 2.47. The van der Waals surface area contributed by atoms with Gasteiger partial charge in [0.1, 0.15) is 11.4 Å². The van der Waals surface area contributed by atoms with E-state index in [0.29, 0.717) is 24.2 Å². The molecule has 188 valence electrons. The summed E-state index contributed by atoms with van der Waals surface area (Å²) in [5, 5.41) is 7.09. The molecule has 3 heterocycles. The molecule has 1 aromatic heterocycles. The van der Waals surface area contributed by atoms with Crippen molar-refractivity contribution in [1.82, 2.24) is 19.6 Å². The first-order valence-corrected chi connectivity index (χ1v) is 12.3. The molecule has 1 N–H and O–H groups in total. The van der Waals surface area contributed by atoms with Crippen molar-refractivity contribution in [2.24, 2.45) is 0 Å². The van der Waals surface area contributed by atoms with Crippen LogP contribution in [0.5, 0.6) is 0 Å². The Morgan fingerprint density at radius 3 is 2.14 bits per heavy atom. The van der Waals surface area contributed by atoms with Gasteiger partial charge >= 0.3 is 6.18 Å². The third-order valence-electron chi connectivity index (χ3n) is 6.62. The Morgan fingerprint density at radius 1 is 0.917 bits per heavy atom. The van der Waals surface area contributed by atoms with Gasteiger partial charge in [-0.25, -0.2) is 4.68 Å². The SMILES string of the molecule is O=C(c1ccccc1)N1CCN(C(=O)c2cnn3c2N[C@@H](c2ccc(Br)cc2)C[C@H]3C(F)(F)F)CC1. The van der Waals surface area contributed by atoms with Gasteiger partial charge in [-0.15, -0.1) is 0 Å². The number of amides is 2. The van der Waals surface area contributed by atoms with Gasteiger partial charge in [0.25, 0.3) is 11.8 Å². The summed E-state index contributed by atoms with van der Waals surface area (Å²) in [6, 6.07) is 13.5. The fourth-order valence-corrected chi connectivity index (χ4v) is 4.94. The van der Waals surface area contributed by atoms with E-state index in [1.807, 2.05) is 6.07 Å². The molecule has 0 spiro atoms. The van der Waals surface area contributed by atoms with E-state index >= 15 is 0 Å². The zero-order valence-corrected chi connectivity index (χ0v) is 20.7. The van der Waals surface area contributed by atoms with Gasteiger partial charge in [0.05, 0.1) is 12.2 Å². The van der Waals surface area contributed by atoms with Gasteiger partial charge < -0.3 is 15.1 Å². The molecule has 0 bridgehead atoms. The number of nitrogens with zero attached hydrogens (tertiary/aromatic N) is 4. The minimum Gasteiger partial charge on any atom is -0.363 e. The number of rotatable bonds is 3. The fraction of sp³-hybridized carbons (Fsp3) is 0.320. The van der Waals surface area contributed by atoms with Crippen molar-refractivity contribution in [2.45, 2.75) is 24.7 Å². The first-order valence-electron chi connectivity index (χ1n) is 11.5. The van der Waals surface area contributed by atoms with Gasteiger partial charge in [-0.2, -0.15) is 18.3 Å². The Morgan fingerprint density at radius 2 is 1.53 bits per heavy atom. The van der Waals surface area contributed by atoms with E-state index in [4.69, 9.17) is 0 Å². The maximum absolute atomic E-state index is 14.0. The molecule has 2 aromatic carbocycles. The molecule has 0 radical (unpaired) electrons. The van der Waals surface area contributed by atoms with E-state index in [1.54, 1.807) is 58.3 Å². The molecule has 0 unspecified atom stereocenters. The molecule has 7 nitrogen and oxygen atoms in total. The zero-order valence-electron chi connectivity index (χ0n) is 19.1. The Labute approximate surface area is 214 Å². The lowest BCUT2D eigenvalue weighted by molar-refractivity contribution is -0.173. The van der Waals surface area contributed by atoms with E-state index < -0.39 is 24.2 Å². The van der Waals surface area contributed by atoms with Crippen molar-refractivity contribution >= 4 is 33.6 Å². The molecular weight excluding hydrogens is 539 g/mol. The summed E-state index contributed by atoms with van der Waals surface area (Å²) in [6.07, 6.45) is -3.57. The van der Waals surface area contributed by atoms with Gasteiger partial charge in [0.15, 0.2) is 6.04 Å². The highest BCUT2D eigenvalue weighted by atomic mass is 79.9. The molecule has 3 aromatic rings. The van der Waals surface area contributed by atoms with Crippen LogP contribution in [0.3, 0.4) is 0 Å². The number of nitrogens with one attached hydrogen (secondary N) is 1. The number of anilines is 1. The second kappa shape index (κ2) is 9.61. The van der Waals surface area contributed by atoms with Crippen LogP contribution in [0, 0.1) is 0 Å². The average molecular weight is 562 g/mol. The molecule has 2 amide bonds. The topological polar surface area (TPSA) is 70.5 Å². The molecule has 0 aliphatic carbocycles. The van der Waals surface area contributed by atoms with Gasteiger partial charge in [0, 0.05) is 42.6 Å². The third-order valence-corrected chi connectivity index (χ3v) is 7.14. The van der Waals surface area contributed by atoms with Crippen LogP contribution in [-0.2, 0) is 0 Å². The molecule has 2 aliphatic heterocycles. The molecule has 2 atom stereocenters. The van der Waals surface area contributed by atoms with E-state index in [0.717, 1.165) is 9.15 Å². The molecular formula is C25H23BrF3N5O2. The van der Waals surface area contributed by atoms with Crippen LogP contribution in [-0.4, -0.2) is 63.7 Å². The van der Waals surface area contributed by atoms with E-state index in [-0.39, 0.29) is 36.8 Å². The van der Waals surface area contributed by atoms with Gasteiger partial charge in [-0.1, -0.05) is 46.3 Å². The highest BCUT2D eigenvalue weighted by molar-refractivity contribution is 9.10. The molecule has 0 saturated carbocycles. The first kappa shape index (κ1) is 24.4. The van der Waals surface area contributed by atoms with Crippen molar-refractivity contribution in [1.29, 1.82) is 0 Å². The van der Waals surface area contributed by atoms with Gasteiger partial charge in [-0.05, 0) is 29.8 Å². The lowest BCUT2D eigenvalue weighted by atomic mass is 9.96. The lowest BCUT2D eigenvalue weighted by Crippen LogP contribution is -2.50. The second-order valence-corrected chi connectivity index (χ2v) is 9.76. The monoisotopic (exact) mass is 561 g/mol. The van der Waals surface area contributed by atoms with Crippen LogP contribution in [0.4, 0.5) is 19.0 Å². The summed E-state index contributed by atoms with van der Waals surface area (Å²) in [6.45, 7) is 1.23. The van der Waals surface area contributed by atoms with Crippen molar-refractivity contribution in [2.75, 3.05) is 31.5 Å². The molecule has 11 heteroatoms. The van der Waals surface area contributed by atoms with Crippen LogP contribution < -0.4 is 5.32 Å². The van der Waals surface area contributed by atoms with Crippen molar-refractivity contribution < 1.29 is 22.8 Å². The normalized spacial score (nSPS) is 20.0. The number of aromatic nitrogens is 2. The van der Waals surface area contributed by atoms with Crippen LogP contribution >= 0.6 is 15.9 Å². The van der Waals surface area contributed by atoms with Crippen molar-refractivity contribution in [3.05, 3.63) is 82.0 Å². The van der Waals surface area contributed by atoms with Gasteiger partial charge in [0.2, 0.25) is 0 Å². The number of halogens is 4. The number of carbonyl (C=O) groups excluding carboxylic acids is 2. The largest absolute Gasteiger partial charge is 0.410 e. The summed E-state index contributed by atoms with van der Waals surface area (Å²) in [5.41, 5.74) is 1.35. The quantitative estimate of drug-likeness (QED) is 0.493. The average Bonchev–Trinajstić information content (AvgIpc) is 3.31. The Hall–Kier alpha value is -3.34. The van der Waals surface area contributed by atoms with Crippen LogP contribution in [0.25, 0.3) is 0 Å². The van der Waals surface area contributed by atoms with Crippen LogP contribution in [0.1, 0.15) is 44.8 Å². The standard InChI is InChI=1S/C25H23BrF3N5O2/c26-18-8-6-16(7-9-18)20-14-21(25(27,28)29)34-22(31-20)19(15-30-34)24(36)33-12-10-32(11-13-33)23(35)17-4-2-1-3-5-17/h1-9,15,20-21,31H,10-14H2/t20-,21+/m1/s1. The van der Waals surface area contributed by atoms with Crippen LogP contribution in [0.15, 0.2) is 65.3 Å². The van der Waals surface area contributed by atoms with E-state index in [2.05, 4.69) is 26.3 Å². The fourth-order valence-electron chi connectivity index (χ4n) is 4.68. The zero-order chi connectivity index (χ0) is 25.4. The Balaban J connectivity index is 1.35. The minimum atomic E-state index is -4.53. The molecule has 5 rings (SSSR count). The number of carbonyl (C=O) groups is 2. The highest BCUT2D eigenvalue weighted by Crippen LogP contribution is 2.44. The third kappa shape index (κ3) is 4.71. The minimum absolute atomic E-state index is 0.0595. The second-order valence-electron chi connectivity index (χ2n) is 8.84. The Bertz CT molecular complexity index is 1250. The molecule has 1 saturated heterocycles. The van der Waals surface area contributed by atoms with E-state index in [1.165, 1.54) is 6.20 Å².